The molecule has 0 fully saturated rings. The molecule has 0 aliphatic heterocycles. The van der Waals surface area contributed by atoms with Crippen molar-refractivity contribution in [3.8, 4) is 6.26 Å². The molecule has 0 radical (unpaired) electrons. The van der Waals surface area contributed by atoms with Gasteiger partial charge in [-0.1, -0.05) is 0 Å². The van der Waals surface area contributed by atoms with Crippen LogP contribution < -0.4 is 11.2 Å². The first kappa shape index (κ1) is 13.5. The molecule has 0 aromatic heterocycles. The number of nitriles is 1. The number of carboxylic acid groups (broad SMARTS) is 1. The molecule has 1 atom stereocenters. The van der Waals surface area contributed by atoms with Crippen LogP contribution in [0.25, 0.3) is 0 Å². The summed E-state index contributed by atoms with van der Waals surface area (Å²) in [6, 6.07) is 0. The minimum Gasteiger partial charge on any atom is -0.465 e. The lowest BCUT2D eigenvalue weighted by Gasteiger charge is -2.02. The largest absolute Gasteiger partial charge is 0.465 e. The Morgan fingerprint density at radius 3 is 2.50 bits per heavy atom. The lowest BCUT2D eigenvalue weighted by molar-refractivity contribution is 0.205. The zero-order valence-electron chi connectivity index (χ0n) is 6.43. The minimum atomic E-state index is -1.44. The molecule has 0 spiro atoms. The van der Waals surface area contributed by atoms with Crippen LogP contribution in [-0.2, 0) is 9.05 Å². The maximum atomic E-state index is 8.78. The third-order valence-corrected chi connectivity index (χ3v) is 1.16. The topological polar surface area (TPSA) is 132 Å². The summed E-state index contributed by atoms with van der Waals surface area (Å²) in [5, 5.41) is 15.0. The molecule has 0 heterocycles. The first-order valence-electron chi connectivity index (χ1n) is 2.76. The Labute approximate surface area is 70.8 Å². The van der Waals surface area contributed by atoms with Crippen molar-refractivity contribution in [1.82, 2.24) is 0 Å². The van der Waals surface area contributed by atoms with Crippen LogP contribution in [0, 0.1) is 11.5 Å². The number of nitrogens with zero attached hydrogens (tertiary/aromatic N) is 1. The van der Waals surface area contributed by atoms with Gasteiger partial charge in [0, 0.05) is 0 Å². The monoisotopic (exact) mass is 195 g/mol. The summed E-state index contributed by atoms with van der Waals surface area (Å²) in [4.78, 5) is 8.78. The first-order valence-corrected chi connectivity index (χ1v) is 4.01. The normalized spacial score (nSPS) is 10.1. The molecule has 0 aliphatic rings. The van der Waals surface area contributed by atoms with Crippen LogP contribution in [0.3, 0.4) is 0 Å². The fourth-order valence-corrected chi connectivity index (χ4v) is 0.581. The molecule has 1 amide bonds. The van der Waals surface area contributed by atoms with E-state index in [9.17, 15) is 0 Å². The first-order chi connectivity index (χ1) is 5.54. The molecule has 8 heteroatoms. The van der Waals surface area contributed by atoms with E-state index in [-0.39, 0.29) is 0 Å². The van der Waals surface area contributed by atoms with Gasteiger partial charge in [0.2, 0.25) is 0 Å². The highest BCUT2D eigenvalue weighted by molar-refractivity contribution is 7.44. The minimum absolute atomic E-state index is 0.476. The molecule has 0 saturated heterocycles. The maximum Gasteiger partial charge on any atom is 0.402 e. The second-order valence-corrected chi connectivity index (χ2v) is 2.24. The molecule has 12 heavy (non-hydrogen) atoms. The number of amides is 1. The highest BCUT2D eigenvalue weighted by Gasteiger charge is 1.99. The standard InChI is InChI=1S/C3H7N2O2P.CH3NO2/c1-2-6-8(5)7-3-4;2-1(3)4/h2,5H2,1H3;2H2,(H,3,4). The summed E-state index contributed by atoms with van der Waals surface area (Å²) in [6.45, 7) is 2.26. The summed E-state index contributed by atoms with van der Waals surface area (Å²) in [5.41, 5.74) is 9.12. The van der Waals surface area contributed by atoms with Crippen LogP contribution in [0.2, 0.25) is 0 Å². The van der Waals surface area contributed by atoms with Gasteiger partial charge in [0.05, 0.1) is 6.61 Å². The lowest BCUT2D eigenvalue weighted by Crippen LogP contribution is -2.03. The van der Waals surface area contributed by atoms with Crippen LogP contribution >= 0.6 is 8.53 Å². The second-order valence-electron chi connectivity index (χ2n) is 1.22. The Bertz CT molecular complexity index is 155. The predicted molar refractivity (Wildman–Crippen MR) is 41.6 cm³/mol. The third kappa shape index (κ3) is 23.1. The van der Waals surface area contributed by atoms with E-state index in [0.717, 1.165) is 0 Å². The average Bonchev–Trinajstić information content (AvgIpc) is 1.87. The van der Waals surface area contributed by atoms with Gasteiger partial charge in [0.25, 0.3) is 6.26 Å². The van der Waals surface area contributed by atoms with E-state index < -0.39 is 14.6 Å². The molecule has 0 aromatic carbocycles. The zero-order chi connectivity index (χ0) is 9.98. The summed E-state index contributed by atoms with van der Waals surface area (Å²) in [7, 11) is -1.44. The quantitative estimate of drug-likeness (QED) is 0.439. The van der Waals surface area contributed by atoms with E-state index in [2.05, 4.69) is 14.8 Å². The Kier molecular flexibility index (Phi) is 11.1. The third-order valence-electron chi connectivity index (χ3n) is 0.387. The summed E-state index contributed by atoms with van der Waals surface area (Å²) < 4.78 is 8.89. The molecular weight excluding hydrogens is 185 g/mol. The van der Waals surface area contributed by atoms with Gasteiger partial charge in [-0.3, -0.25) is 5.50 Å². The van der Waals surface area contributed by atoms with E-state index in [1.807, 2.05) is 0 Å². The van der Waals surface area contributed by atoms with E-state index in [1.165, 1.54) is 6.26 Å². The van der Waals surface area contributed by atoms with Crippen molar-refractivity contribution in [3.05, 3.63) is 0 Å². The Morgan fingerprint density at radius 2 is 2.25 bits per heavy atom. The number of hydrogen-bond donors (Lipinski definition) is 3. The molecular formula is C4H10N3O4P. The molecule has 0 bridgehead atoms. The van der Waals surface area contributed by atoms with Gasteiger partial charge in [-0.05, 0) is 6.92 Å². The van der Waals surface area contributed by atoms with E-state index >= 15 is 0 Å². The number of primary amides is 1. The van der Waals surface area contributed by atoms with Crippen LogP contribution in [0.15, 0.2) is 0 Å². The number of carbonyl (C=O) groups is 1. The van der Waals surface area contributed by atoms with Gasteiger partial charge in [0.15, 0.2) is 0 Å². The zero-order valence-corrected chi connectivity index (χ0v) is 7.32. The van der Waals surface area contributed by atoms with Gasteiger partial charge < -0.3 is 19.9 Å². The van der Waals surface area contributed by atoms with Crippen molar-refractivity contribution in [3.63, 3.8) is 0 Å². The van der Waals surface area contributed by atoms with Crippen molar-refractivity contribution in [2.75, 3.05) is 6.61 Å². The van der Waals surface area contributed by atoms with Crippen molar-refractivity contribution in [2.24, 2.45) is 11.2 Å². The van der Waals surface area contributed by atoms with Crippen molar-refractivity contribution in [2.45, 2.75) is 6.92 Å². The molecule has 1 unspecified atom stereocenters. The number of nitrogens with two attached hydrogens (primary N) is 2. The summed E-state index contributed by atoms with van der Waals surface area (Å²) in [5.74, 6) is 0. The number of rotatable bonds is 3. The van der Waals surface area contributed by atoms with E-state index in [0.29, 0.717) is 6.61 Å². The van der Waals surface area contributed by atoms with E-state index in [4.69, 9.17) is 20.7 Å². The highest BCUT2D eigenvalue weighted by atomic mass is 31.2. The summed E-state index contributed by atoms with van der Waals surface area (Å²) >= 11 is 0. The van der Waals surface area contributed by atoms with E-state index in [1.54, 1.807) is 6.92 Å². The van der Waals surface area contributed by atoms with Gasteiger partial charge in [-0.25, -0.2) is 4.79 Å². The SMILES string of the molecule is CCOP(N)OC#N.NC(=O)O. The fraction of sp³-hybridized carbons (Fsp3) is 0.500. The smallest absolute Gasteiger partial charge is 0.402 e. The Balaban J connectivity index is 0. The second kappa shape index (κ2) is 9.91. The van der Waals surface area contributed by atoms with Gasteiger partial charge in [0.1, 0.15) is 0 Å². The number of hydrogen-bond acceptors (Lipinski definition) is 5. The van der Waals surface area contributed by atoms with Crippen LogP contribution in [-0.4, -0.2) is 17.8 Å². The van der Waals surface area contributed by atoms with Crippen molar-refractivity contribution in [1.29, 1.82) is 5.26 Å². The van der Waals surface area contributed by atoms with Crippen LogP contribution in [0.5, 0.6) is 0 Å². The van der Waals surface area contributed by atoms with Gasteiger partial charge >= 0.3 is 14.6 Å². The molecule has 5 N–H and O–H groups in total. The molecule has 70 valence electrons. The van der Waals surface area contributed by atoms with Crippen LogP contribution in [0.1, 0.15) is 6.92 Å². The molecule has 0 rings (SSSR count). The molecule has 0 aliphatic carbocycles. The van der Waals surface area contributed by atoms with Crippen molar-refractivity contribution < 1.29 is 18.9 Å². The maximum absolute atomic E-state index is 8.78. The molecule has 0 saturated carbocycles. The predicted octanol–water partition coefficient (Wildman–Crippen LogP) is 0.329. The fourth-order valence-electron chi connectivity index (χ4n) is 0.194. The average molecular weight is 195 g/mol. The van der Waals surface area contributed by atoms with Gasteiger partial charge in [-0.15, -0.1) is 5.26 Å². The Morgan fingerprint density at radius 1 is 1.83 bits per heavy atom. The summed E-state index contributed by atoms with van der Waals surface area (Å²) in [6.07, 6.45) is 0.0977. The van der Waals surface area contributed by atoms with Gasteiger partial charge in [-0.2, -0.15) is 0 Å². The van der Waals surface area contributed by atoms with Crippen LogP contribution in [0.4, 0.5) is 4.79 Å². The molecule has 0 aromatic rings. The lowest BCUT2D eigenvalue weighted by atomic mass is 10.9. The Hall–Kier alpha value is -1.09. The molecule has 7 nitrogen and oxygen atoms in total. The van der Waals surface area contributed by atoms with Crippen molar-refractivity contribution >= 4 is 14.6 Å². The highest BCUT2D eigenvalue weighted by Crippen LogP contribution is 2.26.